The van der Waals surface area contributed by atoms with E-state index in [2.05, 4.69) is 26.6 Å². The van der Waals surface area contributed by atoms with Gasteiger partial charge in [-0.1, -0.05) is 26.8 Å². The average molecular weight is 296 g/mol. The van der Waals surface area contributed by atoms with Gasteiger partial charge in [0, 0.05) is 30.9 Å². The smallest absolute Gasteiger partial charge is 0.226 e. The van der Waals surface area contributed by atoms with Crippen LogP contribution in [0.4, 0.5) is 5.82 Å². The Morgan fingerprint density at radius 1 is 1.36 bits per heavy atom. The minimum atomic E-state index is -0.488. The fraction of sp³-hybridized carbons (Fsp3) is 0.529. The van der Waals surface area contributed by atoms with Gasteiger partial charge in [-0.3, -0.25) is 4.98 Å². The van der Waals surface area contributed by atoms with Crippen LogP contribution in [0.25, 0.3) is 4.85 Å². The minimum Gasteiger partial charge on any atom is -0.355 e. The summed E-state index contributed by atoms with van der Waals surface area (Å²) in [6, 6.07) is 0. The molecule has 0 spiro atoms. The van der Waals surface area contributed by atoms with Crippen LogP contribution in [0.5, 0.6) is 0 Å². The number of hydrogen-bond donors (Lipinski definition) is 0. The van der Waals surface area contributed by atoms with E-state index in [0.29, 0.717) is 0 Å². The molecule has 1 fully saturated rings. The maximum Gasteiger partial charge on any atom is 0.226 e. The normalized spacial score (nSPS) is 30.3. The van der Waals surface area contributed by atoms with E-state index in [4.69, 9.17) is 6.57 Å². The van der Waals surface area contributed by atoms with Gasteiger partial charge in [-0.05, 0) is 17.8 Å². The van der Waals surface area contributed by atoms with E-state index in [9.17, 15) is 4.79 Å². The Morgan fingerprint density at radius 2 is 2.14 bits per heavy atom. The van der Waals surface area contributed by atoms with E-state index in [1.54, 1.807) is 18.6 Å². The van der Waals surface area contributed by atoms with Crippen LogP contribution in [-0.2, 0) is 4.79 Å². The van der Waals surface area contributed by atoms with Gasteiger partial charge >= 0.3 is 0 Å². The Labute approximate surface area is 130 Å². The van der Waals surface area contributed by atoms with E-state index < -0.39 is 5.41 Å². The molecule has 0 radical (unpaired) electrons. The molecule has 1 aliphatic carbocycles. The number of carbonyl (C=O) groups is 1. The van der Waals surface area contributed by atoms with Gasteiger partial charge in [0.25, 0.3) is 0 Å². The first-order valence-electron chi connectivity index (χ1n) is 7.54. The van der Waals surface area contributed by atoms with Gasteiger partial charge in [0.05, 0.1) is 12.8 Å². The molecule has 5 nitrogen and oxygen atoms in total. The predicted molar refractivity (Wildman–Crippen MR) is 83.9 cm³/mol. The first kappa shape index (κ1) is 14.7. The van der Waals surface area contributed by atoms with E-state index >= 15 is 0 Å². The van der Waals surface area contributed by atoms with Crippen molar-refractivity contribution in [1.82, 2.24) is 9.97 Å². The standard InChI is InChI=1S/C17H20N4O/c1-16(2)13-5-8-21(14-10-19-6-7-20-14)11-17(13,3)9-12(18-4)15(16)22/h6-7,9-10,13H,5,8,11H2,1-3H3/t13-,17+/m1/s1. The Bertz CT molecular complexity index is 674. The molecule has 1 saturated heterocycles. The summed E-state index contributed by atoms with van der Waals surface area (Å²) in [7, 11) is 0. The predicted octanol–water partition coefficient (Wildman–Crippen LogP) is 2.72. The molecule has 5 heteroatoms. The van der Waals surface area contributed by atoms with E-state index in [1.165, 1.54) is 0 Å². The number of ketones is 1. The first-order valence-corrected chi connectivity index (χ1v) is 7.54. The summed E-state index contributed by atoms with van der Waals surface area (Å²) >= 11 is 0. The van der Waals surface area contributed by atoms with Crippen molar-refractivity contribution in [2.75, 3.05) is 18.0 Å². The molecule has 2 aliphatic rings. The Hall–Kier alpha value is -2.22. The topological polar surface area (TPSA) is 50.5 Å². The molecule has 1 aromatic rings. The molecule has 0 aromatic carbocycles. The van der Waals surface area contributed by atoms with Crippen molar-refractivity contribution >= 4 is 11.6 Å². The molecule has 0 N–H and O–H groups in total. The number of anilines is 1. The van der Waals surface area contributed by atoms with Crippen molar-refractivity contribution in [3.63, 3.8) is 0 Å². The molecular formula is C17H20N4O. The van der Waals surface area contributed by atoms with Crippen molar-refractivity contribution < 1.29 is 4.79 Å². The monoisotopic (exact) mass is 296 g/mol. The number of hydrogen-bond acceptors (Lipinski definition) is 4. The lowest BCUT2D eigenvalue weighted by Crippen LogP contribution is -2.55. The molecule has 0 bridgehead atoms. The maximum absolute atomic E-state index is 12.5. The zero-order valence-electron chi connectivity index (χ0n) is 13.2. The number of allylic oxidation sites excluding steroid dienone is 1. The fourth-order valence-corrected chi connectivity index (χ4v) is 4.15. The largest absolute Gasteiger partial charge is 0.355 e. The average Bonchev–Trinajstić information content (AvgIpc) is 2.51. The quantitative estimate of drug-likeness (QED) is 0.748. The zero-order valence-corrected chi connectivity index (χ0v) is 13.2. The van der Waals surface area contributed by atoms with E-state index in [0.717, 1.165) is 25.3 Å². The van der Waals surface area contributed by atoms with Crippen molar-refractivity contribution in [1.29, 1.82) is 0 Å². The van der Waals surface area contributed by atoms with Crippen molar-refractivity contribution in [3.05, 3.63) is 41.8 Å². The third kappa shape index (κ3) is 2.10. The molecule has 1 aromatic heterocycles. The molecular weight excluding hydrogens is 276 g/mol. The number of nitrogens with zero attached hydrogens (tertiary/aromatic N) is 4. The van der Waals surface area contributed by atoms with Crippen LogP contribution in [-0.4, -0.2) is 28.8 Å². The number of aromatic nitrogens is 2. The summed E-state index contributed by atoms with van der Waals surface area (Å²) in [5.74, 6) is 1.08. The molecule has 22 heavy (non-hydrogen) atoms. The van der Waals surface area contributed by atoms with Crippen molar-refractivity contribution in [2.45, 2.75) is 27.2 Å². The summed E-state index contributed by atoms with van der Waals surface area (Å²) < 4.78 is 0. The number of Topliss-reactive ketones (excluding diaryl/α,β-unsaturated/α-hetero) is 1. The Balaban J connectivity index is 1.99. The second kappa shape index (κ2) is 4.91. The van der Waals surface area contributed by atoms with Gasteiger partial charge in [0.1, 0.15) is 5.82 Å². The third-order valence-corrected chi connectivity index (χ3v) is 5.16. The van der Waals surface area contributed by atoms with Gasteiger partial charge in [-0.2, -0.15) is 0 Å². The Morgan fingerprint density at radius 3 is 2.77 bits per heavy atom. The summed E-state index contributed by atoms with van der Waals surface area (Å²) in [6.45, 7) is 15.0. The van der Waals surface area contributed by atoms with Crippen LogP contribution in [0.3, 0.4) is 0 Å². The number of piperidine rings is 1. The molecule has 1 aliphatic heterocycles. The maximum atomic E-state index is 12.5. The van der Waals surface area contributed by atoms with Gasteiger partial charge in [0.15, 0.2) is 5.78 Å². The first-order chi connectivity index (χ1) is 10.4. The highest BCUT2D eigenvalue weighted by Gasteiger charge is 2.53. The van der Waals surface area contributed by atoms with Gasteiger partial charge < -0.3 is 9.69 Å². The second-order valence-electron chi connectivity index (χ2n) is 7.02. The molecule has 3 rings (SSSR count). The lowest BCUT2D eigenvalue weighted by Gasteiger charge is -2.53. The molecule has 0 amide bonds. The Kier molecular flexibility index (Phi) is 3.28. The molecule has 2 atom stereocenters. The molecule has 2 heterocycles. The molecule has 0 saturated carbocycles. The molecule has 0 unspecified atom stereocenters. The van der Waals surface area contributed by atoms with Crippen LogP contribution in [0.2, 0.25) is 0 Å². The van der Waals surface area contributed by atoms with Crippen LogP contribution in [0.1, 0.15) is 27.2 Å². The van der Waals surface area contributed by atoms with Crippen molar-refractivity contribution in [3.8, 4) is 0 Å². The summed E-state index contributed by atoms with van der Waals surface area (Å²) in [5.41, 5.74) is -0.407. The van der Waals surface area contributed by atoms with Crippen LogP contribution < -0.4 is 4.90 Å². The minimum absolute atomic E-state index is 0.0158. The second-order valence-corrected chi connectivity index (χ2v) is 7.02. The zero-order chi connectivity index (χ0) is 16.0. The van der Waals surface area contributed by atoms with E-state index in [-0.39, 0.29) is 22.8 Å². The van der Waals surface area contributed by atoms with Crippen LogP contribution in [0.15, 0.2) is 30.4 Å². The lowest BCUT2D eigenvalue weighted by molar-refractivity contribution is -0.130. The van der Waals surface area contributed by atoms with Gasteiger partial charge in [0.2, 0.25) is 5.70 Å². The summed E-state index contributed by atoms with van der Waals surface area (Å²) in [6.07, 6.45) is 7.92. The van der Waals surface area contributed by atoms with Crippen molar-refractivity contribution in [2.24, 2.45) is 16.7 Å². The van der Waals surface area contributed by atoms with Crippen LogP contribution in [0, 0.1) is 23.3 Å². The number of rotatable bonds is 1. The SMILES string of the molecule is [C-]#[N+]C1=C[C@@]2(C)CN(c3cnccn3)CC[C@@H]2C(C)(C)C1=O. The summed E-state index contributed by atoms with van der Waals surface area (Å²) in [5, 5.41) is 0. The number of fused-ring (bicyclic) bond motifs is 1. The highest BCUT2D eigenvalue weighted by Crippen LogP contribution is 2.52. The third-order valence-electron chi connectivity index (χ3n) is 5.16. The van der Waals surface area contributed by atoms with Gasteiger partial charge in [-0.15, -0.1) is 0 Å². The highest BCUT2D eigenvalue weighted by molar-refractivity contribution is 6.02. The summed E-state index contributed by atoms with van der Waals surface area (Å²) in [4.78, 5) is 26.7. The van der Waals surface area contributed by atoms with E-state index in [1.807, 2.05) is 19.9 Å². The number of carbonyl (C=O) groups excluding carboxylic acids is 1. The van der Waals surface area contributed by atoms with Gasteiger partial charge in [-0.25, -0.2) is 9.83 Å². The fourth-order valence-electron chi connectivity index (χ4n) is 4.15. The highest BCUT2D eigenvalue weighted by atomic mass is 16.1. The van der Waals surface area contributed by atoms with Crippen LogP contribution >= 0.6 is 0 Å². The lowest BCUT2D eigenvalue weighted by atomic mass is 9.55. The molecule has 114 valence electrons.